The Kier molecular flexibility index (Phi) is 3.08. The molecule has 0 radical (unpaired) electrons. The van der Waals surface area contributed by atoms with Crippen LogP contribution >= 0.6 is 11.3 Å². The second-order valence-electron chi connectivity index (χ2n) is 5.51. The highest BCUT2D eigenvalue weighted by molar-refractivity contribution is 7.10. The minimum absolute atomic E-state index is 0.0799. The molecule has 1 fully saturated rings. The van der Waals surface area contributed by atoms with Crippen molar-refractivity contribution in [2.24, 2.45) is 0 Å². The highest BCUT2D eigenvalue weighted by Gasteiger charge is 2.42. The number of nitrogens with zero attached hydrogens (tertiary/aromatic N) is 2. The molecule has 1 saturated heterocycles. The van der Waals surface area contributed by atoms with Crippen LogP contribution < -0.4 is 0 Å². The van der Waals surface area contributed by atoms with Crippen molar-refractivity contribution >= 4 is 17.2 Å². The number of likely N-dealkylation sites (tertiary alicyclic amines) is 1. The molecule has 21 heavy (non-hydrogen) atoms. The Morgan fingerprint density at radius 2 is 2.24 bits per heavy atom. The second-order valence-corrected chi connectivity index (χ2v) is 6.51. The number of ether oxygens (including phenoxy) is 1. The van der Waals surface area contributed by atoms with Gasteiger partial charge in [-0.1, -0.05) is 0 Å². The van der Waals surface area contributed by atoms with E-state index in [1.54, 1.807) is 0 Å². The summed E-state index contributed by atoms with van der Waals surface area (Å²) in [6.07, 6.45) is 5.46. The number of fused-ring (bicyclic) bond motifs is 2. The van der Waals surface area contributed by atoms with Crippen LogP contribution in [0.1, 0.15) is 33.8 Å². The summed E-state index contributed by atoms with van der Waals surface area (Å²) in [4.78, 5) is 19.4. The molecule has 2 aromatic heterocycles. The van der Waals surface area contributed by atoms with Crippen LogP contribution in [0.3, 0.4) is 0 Å². The van der Waals surface area contributed by atoms with Crippen LogP contribution in [0.25, 0.3) is 0 Å². The quantitative estimate of drug-likeness (QED) is 0.812. The second kappa shape index (κ2) is 4.96. The lowest BCUT2D eigenvalue weighted by molar-refractivity contribution is -0.0928. The van der Waals surface area contributed by atoms with Gasteiger partial charge in [0.15, 0.2) is 6.39 Å². The summed E-state index contributed by atoms with van der Waals surface area (Å²) in [6, 6.07) is 2.19. The zero-order valence-corrected chi connectivity index (χ0v) is 12.4. The molecule has 6 heteroatoms. The lowest BCUT2D eigenvalue weighted by atomic mass is 9.82. The number of thiophene rings is 1. The van der Waals surface area contributed by atoms with Crippen molar-refractivity contribution in [1.82, 2.24) is 9.88 Å². The first-order chi connectivity index (χ1) is 10.3. The fourth-order valence-corrected chi connectivity index (χ4v) is 4.27. The molecular formula is C15H16N2O3S. The molecule has 2 aliphatic rings. The normalized spacial score (nSPS) is 20.5. The SMILES string of the molecule is O=C(c1cnco1)N1CCC2(CC1)OCCc1sccc12. The van der Waals surface area contributed by atoms with Crippen LogP contribution in [-0.2, 0) is 16.8 Å². The Balaban J connectivity index is 1.52. The highest BCUT2D eigenvalue weighted by Crippen LogP contribution is 2.43. The van der Waals surface area contributed by atoms with E-state index in [9.17, 15) is 4.79 Å². The summed E-state index contributed by atoms with van der Waals surface area (Å²) in [7, 11) is 0. The maximum absolute atomic E-state index is 12.3. The van der Waals surface area contributed by atoms with Crippen LogP contribution in [0.15, 0.2) is 28.5 Å². The highest BCUT2D eigenvalue weighted by atomic mass is 32.1. The molecule has 1 amide bonds. The van der Waals surface area contributed by atoms with E-state index in [1.165, 1.54) is 23.0 Å². The van der Waals surface area contributed by atoms with E-state index in [0.717, 1.165) is 25.9 Å². The van der Waals surface area contributed by atoms with E-state index in [4.69, 9.17) is 9.15 Å². The van der Waals surface area contributed by atoms with Crippen molar-refractivity contribution in [2.75, 3.05) is 19.7 Å². The van der Waals surface area contributed by atoms with E-state index in [1.807, 2.05) is 16.2 Å². The summed E-state index contributed by atoms with van der Waals surface area (Å²) in [6.45, 7) is 2.16. The molecule has 0 saturated carbocycles. The predicted octanol–water partition coefficient (Wildman–Crippen LogP) is 2.44. The Morgan fingerprint density at radius 1 is 1.38 bits per heavy atom. The first-order valence-electron chi connectivity index (χ1n) is 7.17. The van der Waals surface area contributed by atoms with Gasteiger partial charge in [-0.15, -0.1) is 11.3 Å². The minimum atomic E-state index is -0.189. The van der Waals surface area contributed by atoms with Crippen LogP contribution in [-0.4, -0.2) is 35.5 Å². The van der Waals surface area contributed by atoms with Gasteiger partial charge in [-0.2, -0.15) is 0 Å². The van der Waals surface area contributed by atoms with Gasteiger partial charge in [0.1, 0.15) is 0 Å². The van der Waals surface area contributed by atoms with Gasteiger partial charge in [0.2, 0.25) is 5.76 Å². The third-order valence-corrected chi connectivity index (χ3v) is 5.43. The average Bonchev–Trinajstić information content (AvgIpc) is 3.19. The van der Waals surface area contributed by atoms with Crippen molar-refractivity contribution in [1.29, 1.82) is 0 Å². The summed E-state index contributed by atoms with van der Waals surface area (Å²) in [5.74, 6) is 0.232. The Morgan fingerprint density at radius 3 is 3.00 bits per heavy atom. The van der Waals surface area contributed by atoms with Gasteiger partial charge >= 0.3 is 0 Å². The number of rotatable bonds is 1. The largest absolute Gasteiger partial charge is 0.438 e. The maximum Gasteiger partial charge on any atom is 0.291 e. The van der Waals surface area contributed by atoms with E-state index in [2.05, 4.69) is 16.4 Å². The predicted molar refractivity (Wildman–Crippen MR) is 77.3 cm³/mol. The summed E-state index contributed by atoms with van der Waals surface area (Å²) in [5.41, 5.74) is 1.15. The van der Waals surface area contributed by atoms with Gasteiger partial charge in [0.05, 0.1) is 18.4 Å². The Bertz CT molecular complexity index is 642. The molecule has 2 aliphatic heterocycles. The minimum Gasteiger partial charge on any atom is -0.438 e. The van der Waals surface area contributed by atoms with Gasteiger partial charge in [0.25, 0.3) is 5.91 Å². The Labute approximate surface area is 126 Å². The topological polar surface area (TPSA) is 55.6 Å². The number of hydrogen-bond acceptors (Lipinski definition) is 5. The molecule has 110 valence electrons. The zero-order chi connectivity index (χ0) is 14.3. The van der Waals surface area contributed by atoms with Crippen molar-refractivity contribution in [3.05, 3.63) is 40.2 Å². The number of hydrogen-bond donors (Lipinski definition) is 0. The number of carbonyl (C=O) groups excluding carboxylic acids is 1. The van der Waals surface area contributed by atoms with Crippen molar-refractivity contribution in [2.45, 2.75) is 24.9 Å². The molecule has 2 aromatic rings. The maximum atomic E-state index is 12.3. The molecule has 0 bridgehead atoms. The Hall–Kier alpha value is -1.66. The van der Waals surface area contributed by atoms with E-state index in [0.29, 0.717) is 18.8 Å². The summed E-state index contributed by atoms with van der Waals surface area (Å²) >= 11 is 1.81. The molecule has 4 heterocycles. The van der Waals surface area contributed by atoms with Crippen molar-refractivity contribution in [3.63, 3.8) is 0 Å². The number of oxazole rings is 1. The van der Waals surface area contributed by atoms with Gasteiger partial charge < -0.3 is 14.1 Å². The molecule has 0 atom stereocenters. The number of aromatic nitrogens is 1. The number of carbonyl (C=O) groups is 1. The lowest BCUT2D eigenvalue weighted by Crippen LogP contribution is -2.48. The van der Waals surface area contributed by atoms with Crippen molar-refractivity contribution in [3.8, 4) is 0 Å². The third kappa shape index (κ3) is 2.10. The molecular weight excluding hydrogens is 288 g/mol. The monoisotopic (exact) mass is 304 g/mol. The molecule has 0 aliphatic carbocycles. The molecule has 0 aromatic carbocycles. The van der Waals surface area contributed by atoms with E-state index >= 15 is 0 Å². The van der Waals surface area contributed by atoms with E-state index < -0.39 is 0 Å². The summed E-state index contributed by atoms with van der Waals surface area (Å²) in [5, 5.41) is 2.15. The molecule has 0 unspecified atom stereocenters. The van der Waals surface area contributed by atoms with Gasteiger partial charge in [-0.05, 0) is 29.9 Å². The fraction of sp³-hybridized carbons (Fsp3) is 0.467. The lowest BCUT2D eigenvalue weighted by Gasteiger charge is -2.43. The molecule has 5 nitrogen and oxygen atoms in total. The smallest absolute Gasteiger partial charge is 0.291 e. The standard InChI is InChI=1S/C15H16N2O3S/c18-14(12-9-16-10-19-12)17-5-3-15(4-6-17)11-2-8-21-13(11)1-7-20-15/h2,8-10H,1,3-7H2. The van der Waals surface area contributed by atoms with Crippen LogP contribution in [0.4, 0.5) is 0 Å². The van der Waals surface area contributed by atoms with Crippen LogP contribution in [0.5, 0.6) is 0 Å². The number of piperidine rings is 1. The fourth-order valence-electron chi connectivity index (χ4n) is 3.32. The first kappa shape index (κ1) is 13.0. The average molecular weight is 304 g/mol. The molecule has 1 spiro atoms. The van der Waals surface area contributed by atoms with Crippen molar-refractivity contribution < 1.29 is 13.9 Å². The molecule has 4 rings (SSSR count). The third-order valence-electron chi connectivity index (χ3n) is 4.45. The zero-order valence-electron chi connectivity index (χ0n) is 11.6. The van der Waals surface area contributed by atoms with Gasteiger partial charge in [0, 0.05) is 24.4 Å². The first-order valence-corrected chi connectivity index (χ1v) is 8.05. The van der Waals surface area contributed by atoms with E-state index in [-0.39, 0.29) is 11.5 Å². The van der Waals surface area contributed by atoms with Crippen LogP contribution in [0.2, 0.25) is 0 Å². The van der Waals surface area contributed by atoms with Crippen LogP contribution in [0, 0.1) is 0 Å². The van der Waals surface area contributed by atoms with Gasteiger partial charge in [-0.3, -0.25) is 4.79 Å². The summed E-state index contributed by atoms with van der Waals surface area (Å²) < 4.78 is 11.2. The number of amides is 1. The molecule has 0 N–H and O–H groups in total. The van der Waals surface area contributed by atoms with Gasteiger partial charge in [-0.25, -0.2) is 4.98 Å².